The summed E-state index contributed by atoms with van der Waals surface area (Å²) in [7, 11) is 1.39. The van der Waals surface area contributed by atoms with Crippen molar-refractivity contribution in [1.29, 1.82) is 0 Å². The van der Waals surface area contributed by atoms with Crippen LogP contribution in [0.3, 0.4) is 0 Å². The Bertz CT molecular complexity index is 199. The lowest BCUT2D eigenvalue weighted by atomic mass is 10.1. The molecule has 0 amide bonds. The fourth-order valence-corrected chi connectivity index (χ4v) is 0.613. The lowest BCUT2D eigenvalue weighted by Gasteiger charge is -2.06. The monoisotopic (exact) mass is 232 g/mol. The van der Waals surface area contributed by atoms with E-state index in [0.29, 0.717) is 12.5 Å². The van der Waals surface area contributed by atoms with Crippen LogP contribution in [0.5, 0.6) is 0 Å². The van der Waals surface area contributed by atoms with E-state index < -0.39 is 0 Å². The summed E-state index contributed by atoms with van der Waals surface area (Å²) in [6.45, 7) is 9.73. The maximum absolute atomic E-state index is 10.3. The molecule has 0 aliphatic heterocycles. The van der Waals surface area contributed by atoms with Gasteiger partial charge in [0.1, 0.15) is 0 Å². The van der Waals surface area contributed by atoms with Gasteiger partial charge in [-0.1, -0.05) is 34.1 Å². The zero-order chi connectivity index (χ0) is 13.1. The minimum absolute atomic E-state index is 0.00463. The van der Waals surface area contributed by atoms with Gasteiger partial charge in [-0.3, -0.25) is 9.59 Å². The number of esters is 2. The lowest BCUT2D eigenvalue weighted by molar-refractivity contribution is -0.144. The van der Waals surface area contributed by atoms with E-state index in [2.05, 4.69) is 18.6 Å². The molecule has 0 aromatic rings. The molecule has 0 aliphatic rings. The highest BCUT2D eigenvalue weighted by molar-refractivity contribution is 5.71. The van der Waals surface area contributed by atoms with E-state index in [1.807, 2.05) is 0 Å². The van der Waals surface area contributed by atoms with E-state index in [-0.39, 0.29) is 17.9 Å². The van der Waals surface area contributed by atoms with Gasteiger partial charge in [-0.05, 0) is 5.92 Å². The molecular formula is C12H24O4. The molecule has 1 atom stereocenters. The van der Waals surface area contributed by atoms with Crippen molar-refractivity contribution in [3.8, 4) is 0 Å². The van der Waals surface area contributed by atoms with Crippen molar-refractivity contribution in [2.45, 2.75) is 41.0 Å². The van der Waals surface area contributed by atoms with Crippen molar-refractivity contribution in [2.75, 3.05) is 13.7 Å². The number of methoxy groups -OCH3 is 1. The second-order valence-electron chi connectivity index (χ2n) is 3.99. The highest BCUT2D eigenvalue weighted by Crippen LogP contribution is 1.99. The molecule has 0 saturated heterocycles. The Hall–Kier alpha value is -1.06. The normalized spacial score (nSPS) is 11.2. The summed E-state index contributed by atoms with van der Waals surface area (Å²) in [5, 5.41) is 0. The Morgan fingerprint density at radius 2 is 1.69 bits per heavy atom. The summed E-state index contributed by atoms with van der Waals surface area (Å²) in [4.78, 5) is 20.5. The van der Waals surface area contributed by atoms with Crippen LogP contribution < -0.4 is 0 Å². The number of carbonyl (C=O) groups is 2. The molecule has 0 aliphatic carbocycles. The van der Waals surface area contributed by atoms with E-state index in [9.17, 15) is 9.59 Å². The summed E-state index contributed by atoms with van der Waals surface area (Å²) in [5.41, 5.74) is 0. The van der Waals surface area contributed by atoms with Gasteiger partial charge < -0.3 is 9.47 Å². The third-order valence-corrected chi connectivity index (χ3v) is 1.94. The predicted octanol–water partition coefficient (Wildman–Crippen LogP) is 2.41. The fourth-order valence-electron chi connectivity index (χ4n) is 0.613. The van der Waals surface area contributed by atoms with Gasteiger partial charge >= 0.3 is 11.9 Å². The average molecular weight is 232 g/mol. The van der Waals surface area contributed by atoms with Crippen molar-refractivity contribution in [2.24, 2.45) is 11.8 Å². The largest absolute Gasteiger partial charge is 0.469 e. The standard InChI is InChI=1S/C7H14O2.C5H10O2/c1-4-6(2)5-9-7(3)8;1-4(2)5(6)7-3/h6H,4-5H2,1-3H3;4H,1-3H3. The van der Waals surface area contributed by atoms with Gasteiger partial charge in [0.05, 0.1) is 19.6 Å². The first-order valence-electron chi connectivity index (χ1n) is 5.56. The fraction of sp³-hybridized carbons (Fsp3) is 0.833. The third kappa shape index (κ3) is 12.9. The van der Waals surface area contributed by atoms with Crippen molar-refractivity contribution in [3.05, 3.63) is 0 Å². The summed E-state index contributed by atoms with van der Waals surface area (Å²) < 4.78 is 9.13. The van der Waals surface area contributed by atoms with Crippen LogP contribution in [0, 0.1) is 11.8 Å². The van der Waals surface area contributed by atoms with Crippen LogP contribution in [-0.2, 0) is 19.1 Å². The second kappa shape index (κ2) is 10.5. The molecule has 0 bridgehead atoms. The van der Waals surface area contributed by atoms with E-state index >= 15 is 0 Å². The van der Waals surface area contributed by atoms with Crippen molar-refractivity contribution < 1.29 is 19.1 Å². The maximum Gasteiger partial charge on any atom is 0.308 e. The molecule has 16 heavy (non-hydrogen) atoms. The molecule has 0 N–H and O–H groups in total. The Balaban J connectivity index is 0. The Morgan fingerprint density at radius 3 is 1.88 bits per heavy atom. The molecule has 0 rings (SSSR count). The summed E-state index contributed by atoms with van der Waals surface area (Å²) in [5.74, 6) is 0.161. The minimum atomic E-state index is -0.185. The first-order chi connectivity index (χ1) is 7.34. The van der Waals surface area contributed by atoms with Gasteiger partial charge in [-0.2, -0.15) is 0 Å². The predicted molar refractivity (Wildman–Crippen MR) is 62.9 cm³/mol. The molecule has 0 heterocycles. The SMILES string of the molecule is CCC(C)COC(C)=O.COC(=O)C(C)C. The Labute approximate surface area is 98.3 Å². The molecule has 4 heteroatoms. The molecule has 0 radical (unpaired) electrons. The molecule has 0 aromatic heterocycles. The zero-order valence-corrected chi connectivity index (χ0v) is 11.2. The maximum atomic E-state index is 10.3. The number of hydrogen-bond acceptors (Lipinski definition) is 4. The zero-order valence-electron chi connectivity index (χ0n) is 11.2. The summed E-state index contributed by atoms with van der Waals surface area (Å²) in [6.07, 6.45) is 1.06. The van der Waals surface area contributed by atoms with Crippen LogP contribution in [0.2, 0.25) is 0 Å². The average Bonchev–Trinajstić information content (AvgIpc) is 2.25. The molecule has 0 spiro atoms. The van der Waals surface area contributed by atoms with Gasteiger partial charge in [-0.25, -0.2) is 0 Å². The van der Waals surface area contributed by atoms with E-state index in [1.54, 1.807) is 13.8 Å². The third-order valence-electron chi connectivity index (χ3n) is 1.94. The van der Waals surface area contributed by atoms with Crippen molar-refractivity contribution >= 4 is 11.9 Å². The summed E-state index contributed by atoms with van der Waals surface area (Å²) in [6, 6.07) is 0. The van der Waals surface area contributed by atoms with Crippen LogP contribution in [0.1, 0.15) is 41.0 Å². The molecule has 4 nitrogen and oxygen atoms in total. The molecule has 96 valence electrons. The molecule has 0 aromatic carbocycles. The smallest absolute Gasteiger partial charge is 0.308 e. The highest BCUT2D eigenvalue weighted by Gasteiger charge is 2.03. The molecular weight excluding hydrogens is 208 g/mol. The highest BCUT2D eigenvalue weighted by atomic mass is 16.5. The quantitative estimate of drug-likeness (QED) is 0.698. The van der Waals surface area contributed by atoms with E-state index in [4.69, 9.17) is 4.74 Å². The van der Waals surface area contributed by atoms with Crippen LogP contribution in [-0.4, -0.2) is 25.7 Å². The van der Waals surface area contributed by atoms with Gasteiger partial charge in [0.2, 0.25) is 0 Å². The van der Waals surface area contributed by atoms with Crippen molar-refractivity contribution in [1.82, 2.24) is 0 Å². The topological polar surface area (TPSA) is 52.6 Å². The molecule has 0 fully saturated rings. The van der Waals surface area contributed by atoms with Gasteiger partial charge in [0.15, 0.2) is 0 Å². The Kier molecular flexibility index (Phi) is 11.3. The van der Waals surface area contributed by atoms with Crippen LogP contribution >= 0.6 is 0 Å². The van der Waals surface area contributed by atoms with Crippen LogP contribution in [0.4, 0.5) is 0 Å². The first-order valence-corrected chi connectivity index (χ1v) is 5.56. The molecule has 1 unspecified atom stereocenters. The number of carbonyl (C=O) groups excluding carboxylic acids is 2. The molecule has 0 saturated carbocycles. The van der Waals surface area contributed by atoms with Crippen LogP contribution in [0.15, 0.2) is 0 Å². The Morgan fingerprint density at radius 1 is 1.19 bits per heavy atom. The number of rotatable bonds is 4. The number of hydrogen-bond donors (Lipinski definition) is 0. The van der Waals surface area contributed by atoms with Gasteiger partial charge in [0.25, 0.3) is 0 Å². The van der Waals surface area contributed by atoms with Gasteiger partial charge in [-0.15, -0.1) is 0 Å². The second-order valence-corrected chi connectivity index (χ2v) is 3.99. The minimum Gasteiger partial charge on any atom is -0.469 e. The first kappa shape index (κ1) is 17.3. The lowest BCUT2D eigenvalue weighted by Crippen LogP contribution is -2.07. The van der Waals surface area contributed by atoms with E-state index in [1.165, 1.54) is 14.0 Å². The number of ether oxygens (including phenoxy) is 2. The van der Waals surface area contributed by atoms with E-state index in [0.717, 1.165) is 6.42 Å². The summed E-state index contributed by atoms with van der Waals surface area (Å²) >= 11 is 0. The van der Waals surface area contributed by atoms with Crippen molar-refractivity contribution in [3.63, 3.8) is 0 Å². The van der Waals surface area contributed by atoms with Crippen LogP contribution in [0.25, 0.3) is 0 Å². The van der Waals surface area contributed by atoms with Gasteiger partial charge in [0, 0.05) is 6.92 Å².